The summed E-state index contributed by atoms with van der Waals surface area (Å²) < 4.78 is 5.13. The van der Waals surface area contributed by atoms with Crippen molar-refractivity contribution in [2.45, 2.75) is 20.3 Å². The Morgan fingerprint density at radius 1 is 0.857 bits per heavy atom. The van der Waals surface area contributed by atoms with E-state index >= 15 is 0 Å². The predicted octanol–water partition coefficient (Wildman–Crippen LogP) is 5.49. The van der Waals surface area contributed by atoms with Gasteiger partial charge in [-0.2, -0.15) is 4.98 Å². The monoisotopic (exact) mass is 371 g/mol. The molecule has 2 aromatic heterocycles. The molecule has 0 aliphatic carbocycles. The van der Waals surface area contributed by atoms with Gasteiger partial charge in [0.25, 0.3) is 0 Å². The Balaban J connectivity index is 1.68. The van der Waals surface area contributed by atoms with Gasteiger partial charge in [-0.05, 0) is 31.0 Å². The van der Waals surface area contributed by atoms with Crippen LogP contribution in [-0.4, -0.2) is 15.1 Å². The standard InChI is InChI=1S/C22H21N5O/c1-3-16-9-11-18(12-10-16)23-22-24-19(17-7-5-4-6-8-17)14-20(26-22)25-21-13-15(2)28-27-21/h4-14H,3H2,1-2H3,(H2,23,24,25,26,27). The number of nitrogens with one attached hydrogen (secondary N) is 2. The average Bonchev–Trinajstić information content (AvgIpc) is 3.13. The van der Waals surface area contributed by atoms with Crippen molar-refractivity contribution in [1.29, 1.82) is 0 Å². The van der Waals surface area contributed by atoms with E-state index in [0.29, 0.717) is 17.6 Å². The number of anilines is 4. The Bertz CT molecular complexity index is 1060. The fourth-order valence-corrected chi connectivity index (χ4v) is 2.83. The Hall–Kier alpha value is -3.67. The third-order valence-corrected chi connectivity index (χ3v) is 4.30. The van der Waals surface area contributed by atoms with Gasteiger partial charge < -0.3 is 15.2 Å². The van der Waals surface area contributed by atoms with E-state index in [1.54, 1.807) is 0 Å². The van der Waals surface area contributed by atoms with Crippen molar-refractivity contribution in [3.8, 4) is 11.3 Å². The molecule has 0 bridgehead atoms. The van der Waals surface area contributed by atoms with Crippen molar-refractivity contribution < 1.29 is 4.52 Å². The number of hydrogen-bond donors (Lipinski definition) is 2. The normalized spacial score (nSPS) is 10.6. The molecule has 2 N–H and O–H groups in total. The fourth-order valence-electron chi connectivity index (χ4n) is 2.83. The van der Waals surface area contributed by atoms with Gasteiger partial charge in [0.1, 0.15) is 11.6 Å². The van der Waals surface area contributed by atoms with Crippen LogP contribution in [0, 0.1) is 6.92 Å². The summed E-state index contributed by atoms with van der Waals surface area (Å²) in [6, 6.07) is 22.0. The molecule has 0 aliphatic heterocycles. The van der Waals surface area contributed by atoms with Gasteiger partial charge >= 0.3 is 0 Å². The van der Waals surface area contributed by atoms with Gasteiger partial charge in [-0.25, -0.2) is 4.98 Å². The summed E-state index contributed by atoms with van der Waals surface area (Å²) in [6.07, 6.45) is 1.01. The Morgan fingerprint density at radius 3 is 2.32 bits per heavy atom. The first-order valence-electron chi connectivity index (χ1n) is 9.20. The SMILES string of the molecule is CCc1ccc(Nc2nc(Nc3cc(C)on3)cc(-c3ccccc3)n2)cc1. The molecule has 4 rings (SSSR count). The minimum atomic E-state index is 0.508. The summed E-state index contributed by atoms with van der Waals surface area (Å²) in [7, 11) is 0. The number of nitrogens with zero attached hydrogens (tertiary/aromatic N) is 3. The van der Waals surface area contributed by atoms with Crippen LogP contribution < -0.4 is 10.6 Å². The number of hydrogen-bond acceptors (Lipinski definition) is 6. The van der Waals surface area contributed by atoms with Crippen LogP contribution in [0.3, 0.4) is 0 Å². The molecule has 6 heteroatoms. The Kier molecular flexibility index (Phi) is 5.01. The lowest BCUT2D eigenvalue weighted by Gasteiger charge is -2.11. The maximum atomic E-state index is 5.13. The molecule has 0 amide bonds. The van der Waals surface area contributed by atoms with E-state index in [0.717, 1.165) is 29.1 Å². The van der Waals surface area contributed by atoms with Gasteiger partial charge in [-0.3, -0.25) is 0 Å². The quantitative estimate of drug-likeness (QED) is 0.467. The summed E-state index contributed by atoms with van der Waals surface area (Å²) in [5.41, 5.74) is 4.04. The highest BCUT2D eigenvalue weighted by atomic mass is 16.5. The Morgan fingerprint density at radius 2 is 1.64 bits per heavy atom. The maximum Gasteiger partial charge on any atom is 0.229 e. The number of benzene rings is 2. The molecule has 0 fully saturated rings. The molecule has 0 saturated carbocycles. The molecule has 2 aromatic carbocycles. The second kappa shape index (κ2) is 7.92. The van der Waals surface area contributed by atoms with E-state index < -0.39 is 0 Å². The first kappa shape index (κ1) is 17.7. The van der Waals surface area contributed by atoms with Gasteiger partial charge in [-0.1, -0.05) is 54.5 Å². The average molecular weight is 371 g/mol. The lowest BCUT2D eigenvalue weighted by Crippen LogP contribution is -2.02. The lowest BCUT2D eigenvalue weighted by atomic mass is 10.1. The van der Waals surface area contributed by atoms with Crippen LogP contribution in [0.15, 0.2) is 71.3 Å². The highest BCUT2D eigenvalue weighted by Crippen LogP contribution is 2.25. The van der Waals surface area contributed by atoms with Crippen LogP contribution in [0.5, 0.6) is 0 Å². The molecule has 140 valence electrons. The largest absolute Gasteiger partial charge is 0.360 e. The van der Waals surface area contributed by atoms with Crippen LogP contribution >= 0.6 is 0 Å². The molecule has 0 saturated heterocycles. The molecule has 0 spiro atoms. The van der Waals surface area contributed by atoms with Crippen molar-refractivity contribution in [2.24, 2.45) is 0 Å². The van der Waals surface area contributed by atoms with Crippen molar-refractivity contribution in [1.82, 2.24) is 15.1 Å². The minimum Gasteiger partial charge on any atom is -0.360 e. The van der Waals surface area contributed by atoms with E-state index in [9.17, 15) is 0 Å². The van der Waals surface area contributed by atoms with E-state index in [-0.39, 0.29) is 0 Å². The number of aromatic nitrogens is 3. The highest BCUT2D eigenvalue weighted by molar-refractivity contribution is 5.68. The molecule has 0 aliphatic rings. The molecule has 0 radical (unpaired) electrons. The summed E-state index contributed by atoms with van der Waals surface area (Å²) >= 11 is 0. The third-order valence-electron chi connectivity index (χ3n) is 4.30. The molecule has 0 atom stereocenters. The second-order valence-electron chi connectivity index (χ2n) is 6.45. The highest BCUT2D eigenvalue weighted by Gasteiger charge is 2.09. The van der Waals surface area contributed by atoms with Crippen LogP contribution in [-0.2, 0) is 6.42 Å². The molecular weight excluding hydrogens is 350 g/mol. The zero-order valence-electron chi connectivity index (χ0n) is 15.8. The fraction of sp³-hybridized carbons (Fsp3) is 0.136. The van der Waals surface area contributed by atoms with E-state index in [1.807, 2.05) is 61.5 Å². The summed E-state index contributed by atoms with van der Waals surface area (Å²) in [5, 5.41) is 10.5. The molecule has 4 aromatic rings. The molecular formula is C22H21N5O. The van der Waals surface area contributed by atoms with Crippen LogP contribution in [0.4, 0.5) is 23.3 Å². The van der Waals surface area contributed by atoms with Crippen molar-refractivity contribution in [2.75, 3.05) is 10.6 Å². The van der Waals surface area contributed by atoms with Crippen molar-refractivity contribution in [3.63, 3.8) is 0 Å². The van der Waals surface area contributed by atoms with Crippen LogP contribution in [0.25, 0.3) is 11.3 Å². The lowest BCUT2D eigenvalue weighted by molar-refractivity contribution is 0.400. The third kappa shape index (κ3) is 4.17. The van der Waals surface area contributed by atoms with Crippen LogP contribution in [0.2, 0.25) is 0 Å². The summed E-state index contributed by atoms with van der Waals surface area (Å²) in [6.45, 7) is 3.99. The van der Waals surface area contributed by atoms with Gasteiger partial charge in [0.2, 0.25) is 5.95 Å². The van der Waals surface area contributed by atoms with E-state index in [2.05, 4.69) is 44.8 Å². The first-order chi connectivity index (χ1) is 13.7. The first-order valence-corrected chi connectivity index (χ1v) is 9.20. The predicted molar refractivity (Wildman–Crippen MR) is 111 cm³/mol. The van der Waals surface area contributed by atoms with Crippen LogP contribution in [0.1, 0.15) is 18.2 Å². The minimum absolute atomic E-state index is 0.508. The summed E-state index contributed by atoms with van der Waals surface area (Å²) in [5.74, 6) is 2.48. The second-order valence-corrected chi connectivity index (χ2v) is 6.45. The van der Waals surface area contributed by atoms with E-state index in [1.165, 1.54) is 5.56 Å². The van der Waals surface area contributed by atoms with Gasteiger partial charge in [0.05, 0.1) is 5.69 Å². The zero-order chi connectivity index (χ0) is 19.3. The van der Waals surface area contributed by atoms with Gasteiger partial charge in [0, 0.05) is 23.4 Å². The number of rotatable bonds is 6. The topological polar surface area (TPSA) is 75.9 Å². The maximum absolute atomic E-state index is 5.13. The molecule has 2 heterocycles. The molecule has 0 unspecified atom stereocenters. The van der Waals surface area contributed by atoms with Gasteiger partial charge in [0.15, 0.2) is 5.82 Å². The van der Waals surface area contributed by atoms with Crippen molar-refractivity contribution in [3.05, 3.63) is 78.1 Å². The molecule has 6 nitrogen and oxygen atoms in total. The number of aryl methyl sites for hydroxylation is 2. The summed E-state index contributed by atoms with van der Waals surface area (Å²) in [4.78, 5) is 9.27. The Labute approximate surface area is 163 Å². The smallest absolute Gasteiger partial charge is 0.229 e. The van der Waals surface area contributed by atoms with E-state index in [4.69, 9.17) is 4.52 Å². The van der Waals surface area contributed by atoms with Crippen molar-refractivity contribution >= 4 is 23.3 Å². The molecule has 28 heavy (non-hydrogen) atoms. The zero-order valence-corrected chi connectivity index (χ0v) is 15.8. The van der Waals surface area contributed by atoms with Gasteiger partial charge in [-0.15, -0.1) is 0 Å².